The number of ether oxygens (including phenoxy) is 1. The Morgan fingerprint density at radius 2 is 2.21 bits per heavy atom. The number of rotatable bonds is 2. The molecular weight excluding hydrogens is 297 g/mol. The maximum atomic E-state index is 11.3. The number of anilines is 2. The van der Waals surface area contributed by atoms with Gasteiger partial charge in [0, 0.05) is 0 Å². The summed E-state index contributed by atoms with van der Waals surface area (Å²) in [5, 5.41) is 0. The van der Waals surface area contributed by atoms with Gasteiger partial charge >= 0.3 is 5.97 Å². The minimum absolute atomic E-state index is 0.0985. The van der Waals surface area contributed by atoms with Crippen LogP contribution in [0.1, 0.15) is 17.3 Å². The lowest BCUT2D eigenvalue weighted by Crippen LogP contribution is -2.11. The summed E-state index contributed by atoms with van der Waals surface area (Å²) in [5.41, 5.74) is 11.3. The average molecular weight is 307 g/mol. The lowest BCUT2D eigenvalue weighted by Gasteiger charge is -2.06. The van der Waals surface area contributed by atoms with Crippen molar-refractivity contribution >= 4 is 40.2 Å². The second-order valence-corrected chi connectivity index (χ2v) is 3.67. The van der Waals surface area contributed by atoms with E-state index < -0.39 is 5.97 Å². The summed E-state index contributed by atoms with van der Waals surface area (Å²) in [6, 6.07) is 1.57. The molecule has 6 heteroatoms. The van der Waals surface area contributed by atoms with Crippen LogP contribution >= 0.6 is 22.6 Å². The van der Waals surface area contributed by atoms with Crippen LogP contribution in [0.3, 0.4) is 0 Å². The monoisotopic (exact) mass is 307 g/mol. The largest absolute Gasteiger partial charge is 0.462 e. The van der Waals surface area contributed by atoms with Gasteiger partial charge in [0.15, 0.2) is 0 Å². The van der Waals surface area contributed by atoms with Crippen LogP contribution in [-0.4, -0.2) is 17.6 Å². The van der Waals surface area contributed by atoms with Gasteiger partial charge in [-0.1, -0.05) is 0 Å². The van der Waals surface area contributed by atoms with Gasteiger partial charge < -0.3 is 16.2 Å². The first-order chi connectivity index (χ1) is 6.56. The highest BCUT2D eigenvalue weighted by atomic mass is 127. The van der Waals surface area contributed by atoms with E-state index in [0.29, 0.717) is 16.0 Å². The molecule has 0 bridgehead atoms. The van der Waals surface area contributed by atoms with Crippen LogP contribution in [0.4, 0.5) is 11.6 Å². The molecule has 14 heavy (non-hydrogen) atoms. The van der Waals surface area contributed by atoms with Crippen LogP contribution in [0.15, 0.2) is 6.07 Å². The smallest absolute Gasteiger partial charge is 0.341 e. The first-order valence-corrected chi connectivity index (χ1v) is 5.02. The van der Waals surface area contributed by atoms with E-state index in [0.717, 1.165) is 0 Å². The number of carbonyl (C=O) groups is 1. The van der Waals surface area contributed by atoms with E-state index in [1.807, 2.05) is 22.6 Å². The molecule has 5 nitrogen and oxygen atoms in total. The van der Waals surface area contributed by atoms with E-state index in [1.54, 1.807) is 13.0 Å². The molecule has 4 N–H and O–H groups in total. The van der Waals surface area contributed by atoms with Gasteiger partial charge in [0.05, 0.1) is 10.2 Å². The number of nitrogen functional groups attached to an aromatic ring is 2. The first kappa shape index (κ1) is 11.0. The van der Waals surface area contributed by atoms with Crippen molar-refractivity contribution in [2.75, 3.05) is 18.1 Å². The zero-order chi connectivity index (χ0) is 10.7. The molecule has 0 aliphatic carbocycles. The molecule has 1 heterocycles. The average Bonchev–Trinajstić information content (AvgIpc) is 2.11. The highest BCUT2D eigenvalue weighted by Gasteiger charge is 2.14. The first-order valence-electron chi connectivity index (χ1n) is 3.94. The van der Waals surface area contributed by atoms with Crippen molar-refractivity contribution in [2.45, 2.75) is 6.92 Å². The topological polar surface area (TPSA) is 91.2 Å². The van der Waals surface area contributed by atoms with Crippen molar-refractivity contribution in [2.24, 2.45) is 0 Å². The molecule has 1 aromatic rings. The number of esters is 1. The molecule has 0 atom stereocenters. The van der Waals surface area contributed by atoms with Crippen molar-refractivity contribution in [1.29, 1.82) is 0 Å². The molecule has 0 fully saturated rings. The maximum absolute atomic E-state index is 11.3. The predicted molar refractivity (Wildman–Crippen MR) is 61.7 cm³/mol. The van der Waals surface area contributed by atoms with E-state index in [9.17, 15) is 4.79 Å². The van der Waals surface area contributed by atoms with E-state index in [4.69, 9.17) is 16.2 Å². The predicted octanol–water partition coefficient (Wildman–Crippen LogP) is 1.03. The van der Waals surface area contributed by atoms with Crippen LogP contribution < -0.4 is 11.5 Å². The quantitative estimate of drug-likeness (QED) is 0.629. The lowest BCUT2D eigenvalue weighted by atomic mass is 10.2. The van der Waals surface area contributed by atoms with Crippen molar-refractivity contribution in [3.8, 4) is 0 Å². The lowest BCUT2D eigenvalue weighted by molar-refractivity contribution is 0.0527. The van der Waals surface area contributed by atoms with Crippen molar-refractivity contribution in [3.05, 3.63) is 15.2 Å². The molecule has 0 saturated carbocycles. The zero-order valence-electron chi connectivity index (χ0n) is 7.58. The molecule has 0 aromatic carbocycles. The third-order valence-electron chi connectivity index (χ3n) is 1.53. The summed E-state index contributed by atoms with van der Waals surface area (Å²) in [6.45, 7) is 2.03. The Balaban J connectivity index is 3.09. The van der Waals surface area contributed by atoms with Gasteiger partial charge in [-0.15, -0.1) is 0 Å². The highest BCUT2D eigenvalue weighted by Crippen LogP contribution is 2.19. The van der Waals surface area contributed by atoms with Gasteiger partial charge in [0.1, 0.15) is 17.2 Å². The summed E-state index contributed by atoms with van der Waals surface area (Å²) in [5.74, 6) is -0.0621. The number of halogens is 1. The third-order valence-corrected chi connectivity index (χ3v) is 2.39. The standard InChI is InChI=1S/C8H10IN3O2/c1-2-14-8(13)4-3-5(9)7(11)12-6(4)10/h3H,2H2,1H3,(H4,10,11,12). The van der Waals surface area contributed by atoms with E-state index in [2.05, 4.69) is 4.98 Å². The summed E-state index contributed by atoms with van der Waals surface area (Å²) in [7, 11) is 0. The Bertz CT molecular complexity index is 368. The number of hydrogen-bond donors (Lipinski definition) is 2. The molecule has 0 spiro atoms. The van der Waals surface area contributed by atoms with Crippen LogP contribution in [0.5, 0.6) is 0 Å². The van der Waals surface area contributed by atoms with E-state index in [1.165, 1.54) is 0 Å². The fourth-order valence-electron chi connectivity index (χ4n) is 0.890. The molecule has 0 saturated heterocycles. The minimum Gasteiger partial charge on any atom is -0.462 e. The van der Waals surface area contributed by atoms with Crippen molar-refractivity contribution < 1.29 is 9.53 Å². The Morgan fingerprint density at radius 3 is 2.79 bits per heavy atom. The van der Waals surface area contributed by atoms with E-state index in [-0.39, 0.29) is 11.4 Å². The molecule has 76 valence electrons. The number of nitrogens with two attached hydrogens (primary N) is 2. The van der Waals surface area contributed by atoms with Gasteiger partial charge in [-0.3, -0.25) is 0 Å². The minimum atomic E-state index is -0.476. The molecule has 1 aromatic heterocycles. The summed E-state index contributed by atoms with van der Waals surface area (Å²) in [4.78, 5) is 15.2. The number of nitrogens with zero attached hydrogens (tertiary/aromatic N) is 1. The van der Waals surface area contributed by atoms with E-state index >= 15 is 0 Å². The van der Waals surface area contributed by atoms with Gasteiger partial charge in [-0.2, -0.15) is 0 Å². The van der Waals surface area contributed by atoms with Crippen molar-refractivity contribution in [1.82, 2.24) is 4.98 Å². The van der Waals surface area contributed by atoms with Crippen LogP contribution in [0, 0.1) is 3.57 Å². The highest BCUT2D eigenvalue weighted by molar-refractivity contribution is 14.1. The summed E-state index contributed by atoms with van der Waals surface area (Å²) in [6.07, 6.45) is 0. The molecule has 0 aliphatic rings. The maximum Gasteiger partial charge on any atom is 0.341 e. The number of hydrogen-bond acceptors (Lipinski definition) is 5. The molecule has 0 amide bonds. The number of carbonyl (C=O) groups excluding carboxylic acids is 1. The molecular formula is C8H10IN3O2. The van der Waals surface area contributed by atoms with Gasteiger partial charge in [0.25, 0.3) is 0 Å². The Labute approximate surface area is 95.0 Å². The fourth-order valence-corrected chi connectivity index (χ4v) is 1.32. The third kappa shape index (κ3) is 2.25. The van der Waals surface area contributed by atoms with Crippen molar-refractivity contribution in [3.63, 3.8) is 0 Å². The number of pyridine rings is 1. The normalized spacial score (nSPS) is 9.86. The second kappa shape index (κ2) is 4.45. The molecule has 1 rings (SSSR count). The van der Waals surface area contributed by atoms with Gasteiger partial charge in [-0.25, -0.2) is 9.78 Å². The molecule has 0 aliphatic heterocycles. The molecule has 0 radical (unpaired) electrons. The molecule has 0 unspecified atom stereocenters. The van der Waals surface area contributed by atoms with Gasteiger partial charge in [0.2, 0.25) is 0 Å². The van der Waals surface area contributed by atoms with Gasteiger partial charge in [-0.05, 0) is 35.6 Å². The van der Waals surface area contributed by atoms with Crippen LogP contribution in [0.2, 0.25) is 0 Å². The summed E-state index contributed by atoms with van der Waals surface area (Å²) < 4.78 is 5.48. The van der Waals surface area contributed by atoms with Crippen LogP contribution in [0.25, 0.3) is 0 Å². The Hall–Kier alpha value is -1.05. The Kier molecular flexibility index (Phi) is 3.50. The zero-order valence-corrected chi connectivity index (χ0v) is 9.74. The fraction of sp³-hybridized carbons (Fsp3) is 0.250. The second-order valence-electron chi connectivity index (χ2n) is 2.51. The summed E-state index contributed by atoms with van der Waals surface area (Å²) >= 11 is 1.98. The Morgan fingerprint density at radius 1 is 1.57 bits per heavy atom. The number of aromatic nitrogens is 1. The van der Waals surface area contributed by atoms with Crippen LogP contribution in [-0.2, 0) is 4.74 Å². The SMILES string of the molecule is CCOC(=O)c1cc(I)c(N)nc1N.